The largest absolute Gasteiger partial charge is 0.419 e. The molecule has 0 unspecified atom stereocenters. The van der Waals surface area contributed by atoms with E-state index in [2.05, 4.69) is 32.9 Å². The molecule has 0 aliphatic rings. The lowest BCUT2D eigenvalue weighted by atomic mass is 10.0. The zero-order chi connectivity index (χ0) is 16.1. The summed E-state index contributed by atoms with van der Waals surface area (Å²) >= 11 is 0. The highest BCUT2D eigenvalue weighted by Gasteiger charge is 2.08. The van der Waals surface area contributed by atoms with Crippen molar-refractivity contribution in [3.63, 3.8) is 0 Å². The van der Waals surface area contributed by atoms with E-state index in [0.29, 0.717) is 11.8 Å². The zero-order valence-electron chi connectivity index (χ0n) is 12.3. The number of nitrogens with one attached hydrogen (secondary N) is 1. The molecule has 0 saturated heterocycles. The fourth-order valence-electron chi connectivity index (χ4n) is 2.08. The van der Waals surface area contributed by atoms with Crippen LogP contribution in [0.15, 0.2) is 64.1 Å². The number of nitrogens with zero attached hydrogens (tertiary/aromatic N) is 3. The lowest BCUT2D eigenvalue weighted by Crippen LogP contribution is -2.26. The summed E-state index contributed by atoms with van der Waals surface area (Å²) in [6.07, 6.45) is 0. The minimum atomic E-state index is -0.0544. The molecule has 0 bridgehead atoms. The molecular formula is C16H16N6O. The van der Waals surface area contributed by atoms with Crippen molar-refractivity contribution in [3.05, 3.63) is 60.5 Å². The fourth-order valence-corrected chi connectivity index (χ4v) is 2.08. The Hall–Kier alpha value is -3.35. The van der Waals surface area contributed by atoms with Crippen molar-refractivity contribution >= 4 is 5.96 Å². The molecule has 1 heterocycles. The minimum absolute atomic E-state index is 0.0544. The number of aromatic nitrogens is 2. The third kappa shape index (κ3) is 3.65. The SMILES string of the molecule is NC(N)=NNCc1nnc(-c2ccc(-c3ccccc3)cc2)o1. The van der Waals surface area contributed by atoms with Gasteiger partial charge < -0.3 is 15.9 Å². The number of rotatable bonds is 5. The standard InChI is InChI=1S/C16H16N6O/c17-16(18)22-19-10-14-20-21-15(23-14)13-8-6-12(7-9-13)11-4-2-1-3-5-11/h1-9,19H,10H2,(H4,17,18,22). The average molecular weight is 308 g/mol. The number of hydrogen-bond donors (Lipinski definition) is 3. The van der Waals surface area contributed by atoms with Crippen molar-refractivity contribution in [1.29, 1.82) is 0 Å². The quantitative estimate of drug-likeness (QED) is 0.375. The zero-order valence-corrected chi connectivity index (χ0v) is 12.3. The molecule has 0 radical (unpaired) electrons. The number of nitrogens with two attached hydrogens (primary N) is 2. The van der Waals surface area contributed by atoms with E-state index in [1.54, 1.807) is 0 Å². The van der Waals surface area contributed by atoms with Crippen LogP contribution in [0.5, 0.6) is 0 Å². The van der Waals surface area contributed by atoms with Gasteiger partial charge in [-0.1, -0.05) is 42.5 Å². The van der Waals surface area contributed by atoms with E-state index >= 15 is 0 Å². The Morgan fingerprint density at radius 3 is 2.26 bits per heavy atom. The van der Waals surface area contributed by atoms with Crippen LogP contribution in [0.1, 0.15) is 5.89 Å². The molecule has 3 aromatic rings. The summed E-state index contributed by atoms with van der Waals surface area (Å²) in [6, 6.07) is 18.1. The molecule has 23 heavy (non-hydrogen) atoms. The first-order valence-electron chi connectivity index (χ1n) is 7.02. The topological polar surface area (TPSA) is 115 Å². The minimum Gasteiger partial charge on any atom is -0.419 e. The third-order valence-corrected chi connectivity index (χ3v) is 3.14. The number of hydrazone groups is 1. The van der Waals surface area contributed by atoms with Gasteiger partial charge in [-0.3, -0.25) is 5.43 Å². The van der Waals surface area contributed by atoms with E-state index in [-0.39, 0.29) is 12.5 Å². The van der Waals surface area contributed by atoms with Crippen LogP contribution in [0.25, 0.3) is 22.6 Å². The lowest BCUT2D eigenvalue weighted by molar-refractivity contribution is 0.483. The molecular weight excluding hydrogens is 292 g/mol. The predicted molar refractivity (Wildman–Crippen MR) is 87.8 cm³/mol. The Kier molecular flexibility index (Phi) is 4.19. The van der Waals surface area contributed by atoms with Gasteiger partial charge in [-0.05, 0) is 23.3 Å². The van der Waals surface area contributed by atoms with Crippen LogP contribution in [0.2, 0.25) is 0 Å². The van der Waals surface area contributed by atoms with Crippen LogP contribution in [0.4, 0.5) is 0 Å². The van der Waals surface area contributed by atoms with E-state index < -0.39 is 0 Å². The van der Waals surface area contributed by atoms with E-state index in [1.807, 2.05) is 42.5 Å². The number of guanidine groups is 1. The highest BCUT2D eigenvalue weighted by atomic mass is 16.4. The molecule has 116 valence electrons. The molecule has 0 saturated carbocycles. The summed E-state index contributed by atoms with van der Waals surface area (Å²) in [5.74, 6) is 0.796. The lowest BCUT2D eigenvalue weighted by Gasteiger charge is -2.02. The third-order valence-electron chi connectivity index (χ3n) is 3.14. The second-order valence-electron chi connectivity index (χ2n) is 4.82. The van der Waals surface area contributed by atoms with Gasteiger partial charge in [0.05, 0.1) is 0 Å². The van der Waals surface area contributed by atoms with Gasteiger partial charge in [-0.25, -0.2) is 0 Å². The van der Waals surface area contributed by atoms with E-state index in [1.165, 1.54) is 0 Å². The number of hydrogen-bond acceptors (Lipinski definition) is 5. The molecule has 1 aromatic heterocycles. The van der Waals surface area contributed by atoms with Crippen molar-refractivity contribution in [2.24, 2.45) is 16.6 Å². The van der Waals surface area contributed by atoms with Crippen LogP contribution in [0, 0.1) is 0 Å². The van der Waals surface area contributed by atoms with E-state index in [4.69, 9.17) is 15.9 Å². The monoisotopic (exact) mass is 308 g/mol. The maximum atomic E-state index is 5.56. The van der Waals surface area contributed by atoms with Gasteiger partial charge in [-0.2, -0.15) is 0 Å². The van der Waals surface area contributed by atoms with Crippen molar-refractivity contribution in [3.8, 4) is 22.6 Å². The highest BCUT2D eigenvalue weighted by molar-refractivity contribution is 5.75. The normalized spacial score (nSPS) is 10.3. The first-order valence-corrected chi connectivity index (χ1v) is 7.02. The van der Waals surface area contributed by atoms with Crippen LogP contribution in [-0.4, -0.2) is 16.2 Å². The Morgan fingerprint density at radius 2 is 1.57 bits per heavy atom. The van der Waals surface area contributed by atoms with Gasteiger partial charge in [0.1, 0.15) is 6.54 Å². The molecule has 7 heteroatoms. The molecule has 0 atom stereocenters. The highest BCUT2D eigenvalue weighted by Crippen LogP contribution is 2.23. The van der Waals surface area contributed by atoms with Crippen LogP contribution in [0.3, 0.4) is 0 Å². The average Bonchev–Trinajstić information content (AvgIpc) is 3.04. The molecule has 5 N–H and O–H groups in total. The molecule has 7 nitrogen and oxygen atoms in total. The maximum absolute atomic E-state index is 5.56. The van der Waals surface area contributed by atoms with Gasteiger partial charge in [0.25, 0.3) is 0 Å². The summed E-state index contributed by atoms with van der Waals surface area (Å²) in [5, 5.41) is 11.6. The summed E-state index contributed by atoms with van der Waals surface area (Å²) < 4.78 is 5.56. The van der Waals surface area contributed by atoms with Crippen molar-refractivity contribution in [1.82, 2.24) is 15.6 Å². The molecule has 0 spiro atoms. The van der Waals surface area contributed by atoms with Gasteiger partial charge in [-0.15, -0.1) is 15.3 Å². The van der Waals surface area contributed by atoms with Crippen molar-refractivity contribution in [2.45, 2.75) is 6.54 Å². The molecule has 0 aliphatic heterocycles. The molecule has 2 aromatic carbocycles. The summed E-state index contributed by atoms with van der Waals surface area (Å²) in [4.78, 5) is 0. The number of benzene rings is 2. The first-order chi connectivity index (χ1) is 11.2. The second-order valence-corrected chi connectivity index (χ2v) is 4.82. The smallest absolute Gasteiger partial charge is 0.247 e. The Morgan fingerprint density at radius 1 is 0.913 bits per heavy atom. The summed E-state index contributed by atoms with van der Waals surface area (Å²) in [6.45, 7) is 0.257. The Labute approximate surface area is 133 Å². The molecule has 0 fully saturated rings. The Balaban J connectivity index is 1.73. The van der Waals surface area contributed by atoms with Gasteiger partial charge in [0, 0.05) is 5.56 Å². The van der Waals surface area contributed by atoms with Crippen LogP contribution in [-0.2, 0) is 6.54 Å². The van der Waals surface area contributed by atoms with Gasteiger partial charge >= 0.3 is 0 Å². The van der Waals surface area contributed by atoms with Crippen molar-refractivity contribution in [2.75, 3.05) is 0 Å². The molecule has 0 amide bonds. The van der Waals surface area contributed by atoms with Crippen LogP contribution < -0.4 is 16.9 Å². The summed E-state index contributed by atoms with van der Waals surface area (Å²) in [5.41, 5.74) is 16.2. The summed E-state index contributed by atoms with van der Waals surface area (Å²) in [7, 11) is 0. The molecule has 0 aliphatic carbocycles. The van der Waals surface area contributed by atoms with Gasteiger partial charge in [0.2, 0.25) is 17.7 Å². The second kappa shape index (κ2) is 6.61. The van der Waals surface area contributed by atoms with Crippen LogP contribution >= 0.6 is 0 Å². The van der Waals surface area contributed by atoms with E-state index in [9.17, 15) is 0 Å². The first kappa shape index (κ1) is 14.6. The molecule has 3 rings (SSSR count). The van der Waals surface area contributed by atoms with Crippen molar-refractivity contribution < 1.29 is 4.42 Å². The Bertz CT molecular complexity index is 791. The van der Waals surface area contributed by atoms with E-state index in [0.717, 1.165) is 16.7 Å². The van der Waals surface area contributed by atoms with Gasteiger partial charge in [0.15, 0.2) is 0 Å². The maximum Gasteiger partial charge on any atom is 0.247 e. The predicted octanol–water partition coefficient (Wildman–Crippen LogP) is 1.68. The fraction of sp³-hybridized carbons (Fsp3) is 0.0625.